The van der Waals surface area contributed by atoms with E-state index >= 15 is 0 Å². The molecule has 0 amide bonds. The second-order valence-electron chi connectivity index (χ2n) is 6.30. The highest BCUT2D eigenvalue weighted by Crippen LogP contribution is 2.35. The number of nitrogens with zero attached hydrogens (tertiary/aromatic N) is 2. The van der Waals surface area contributed by atoms with Crippen molar-refractivity contribution in [3.05, 3.63) is 62.9 Å². The van der Waals surface area contributed by atoms with Gasteiger partial charge in [0.2, 0.25) is 5.95 Å². The molecule has 0 saturated carbocycles. The van der Waals surface area contributed by atoms with Crippen molar-refractivity contribution in [3.8, 4) is 16.2 Å². The maximum atomic E-state index is 12.1. The van der Waals surface area contributed by atoms with Gasteiger partial charge in [0.25, 0.3) is 5.56 Å². The number of thiophene rings is 1. The van der Waals surface area contributed by atoms with Crippen LogP contribution in [-0.2, 0) is 19.5 Å². The van der Waals surface area contributed by atoms with Crippen LogP contribution in [0.3, 0.4) is 0 Å². The molecule has 1 aliphatic heterocycles. The van der Waals surface area contributed by atoms with E-state index in [1.807, 2.05) is 18.2 Å². The summed E-state index contributed by atoms with van der Waals surface area (Å²) in [6.07, 6.45) is 0.744. The first-order valence-corrected chi connectivity index (χ1v) is 9.27. The molecule has 0 fully saturated rings. The summed E-state index contributed by atoms with van der Waals surface area (Å²) in [4.78, 5) is 23.7. The highest BCUT2D eigenvalue weighted by molar-refractivity contribution is 7.15. The number of nitrogens with two attached hydrogens (primary N) is 1. The fraction of sp³-hybridized carbons (Fsp3) is 0.263. The minimum atomic E-state index is -0.127. The highest BCUT2D eigenvalue weighted by Gasteiger charge is 2.21. The predicted molar refractivity (Wildman–Crippen MR) is 103 cm³/mol. The first-order chi connectivity index (χ1) is 12.6. The van der Waals surface area contributed by atoms with E-state index in [0.717, 1.165) is 42.1 Å². The number of aromatic nitrogens is 2. The van der Waals surface area contributed by atoms with Crippen molar-refractivity contribution < 1.29 is 4.74 Å². The van der Waals surface area contributed by atoms with Crippen LogP contribution < -0.4 is 16.0 Å². The molecule has 0 aliphatic carbocycles. The third kappa shape index (κ3) is 3.23. The van der Waals surface area contributed by atoms with E-state index in [1.165, 1.54) is 9.75 Å². The first kappa shape index (κ1) is 16.8. The van der Waals surface area contributed by atoms with Gasteiger partial charge in [0.05, 0.1) is 18.4 Å². The monoisotopic (exact) mass is 368 g/mol. The standard InChI is InChI=1S/C19H20N4O2S/c1-25-16-5-3-2-4-13(16)17-7-6-12(26-17)10-23-9-8-15-14(11-23)18(24)22-19(20)21-15/h2-7H,8-11H2,1H3,(H3,20,21,22,24). The van der Waals surface area contributed by atoms with Crippen molar-refractivity contribution in [2.45, 2.75) is 19.5 Å². The van der Waals surface area contributed by atoms with Crippen molar-refractivity contribution in [1.29, 1.82) is 0 Å². The minimum absolute atomic E-state index is 0.127. The van der Waals surface area contributed by atoms with Crippen LogP contribution in [0.4, 0.5) is 5.95 Å². The van der Waals surface area contributed by atoms with E-state index in [9.17, 15) is 4.79 Å². The van der Waals surface area contributed by atoms with Crippen molar-refractivity contribution in [3.63, 3.8) is 0 Å². The summed E-state index contributed by atoms with van der Waals surface area (Å²) in [5.41, 5.74) is 8.16. The number of ether oxygens (including phenoxy) is 1. The lowest BCUT2D eigenvalue weighted by Gasteiger charge is -2.26. The number of anilines is 1. The third-order valence-corrected chi connectivity index (χ3v) is 5.68. The number of methoxy groups -OCH3 is 1. The Balaban J connectivity index is 1.52. The number of fused-ring (bicyclic) bond motifs is 1. The zero-order valence-corrected chi connectivity index (χ0v) is 15.3. The molecule has 6 nitrogen and oxygen atoms in total. The van der Waals surface area contributed by atoms with Crippen LogP contribution in [0.15, 0.2) is 41.2 Å². The van der Waals surface area contributed by atoms with E-state index in [1.54, 1.807) is 18.4 Å². The molecule has 1 aromatic carbocycles. The van der Waals surface area contributed by atoms with Crippen LogP contribution in [0.2, 0.25) is 0 Å². The van der Waals surface area contributed by atoms with Crippen LogP contribution >= 0.6 is 11.3 Å². The summed E-state index contributed by atoms with van der Waals surface area (Å²) in [7, 11) is 1.69. The third-order valence-electron chi connectivity index (χ3n) is 4.58. The Morgan fingerprint density at radius 1 is 1.31 bits per heavy atom. The Hall–Kier alpha value is -2.64. The molecule has 0 unspecified atom stereocenters. The predicted octanol–water partition coefficient (Wildman–Crippen LogP) is 2.65. The molecule has 0 atom stereocenters. The van der Waals surface area contributed by atoms with Gasteiger partial charge >= 0.3 is 0 Å². The van der Waals surface area contributed by atoms with Crippen LogP contribution in [0.1, 0.15) is 16.1 Å². The molecule has 26 heavy (non-hydrogen) atoms. The van der Waals surface area contributed by atoms with E-state index in [2.05, 4.69) is 33.1 Å². The van der Waals surface area contributed by atoms with Gasteiger partial charge in [0.15, 0.2) is 0 Å². The Morgan fingerprint density at radius 3 is 3.00 bits per heavy atom. The van der Waals surface area contributed by atoms with Crippen LogP contribution in [0.25, 0.3) is 10.4 Å². The summed E-state index contributed by atoms with van der Waals surface area (Å²) >= 11 is 1.75. The van der Waals surface area contributed by atoms with Gasteiger partial charge < -0.3 is 10.5 Å². The average Bonchev–Trinajstić information content (AvgIpc) is 3.10. The molecule has 3 heterocycles. The first-order valence-electron chi connectivity index (χ1n) is 8.46. The largest absolute Gasteiger partial charge is 0.496 e. The lowest BCUT2D eigenvalue weighted by molar-refractivity contribution is 0.244. The van der Waals surface area contributed by atoms with Crippen molar-refractivity contribution in [2.75, 3.05) is 19.4 Å². The van der Waals surface area contributed by atoms with E-state index in [0.29, 0.717) is 6.54 Å². The number of rotatable bonds is 4. The molecule has 4 rings (SSSR count). The molecule has 0 saturated heterocycles. The van der Waals surface area contributed by atoms with Gasteiger partial charge in [-0.25, -0.2) is 4.98 Å². The molecule has 3 N–H and O–H groups in total. The molecule has 0 radical (unpaired) electrons. The zero-order valence-electron chi connectivity index (χ0n) is 14.5. The highest BCUT2D eigenvalue weighted by atomic mass is 32.1. The molecule has 7 heteroatoms. The quantitative estimate of drug-likeness (QED) is 0.740. The lowest BCUT2D eigenvalue weighted by atomic mass is 10.1. The fourth-order valence-corrected chi connectivity index (χ4v) is 4.39. The number of hydrogen-bond donors (Lipinski definition) is 2. The van der Waals surface area contributed by atoms with E-state index in [-0.39, 0.29) is 11.5 Å². The molecule has 2 aromatic heterocycles. The molecule has 134 valence electrons. The maximum absolute atomic E-state index is 12.1. The molecule has 3 aromatic rings. The molecule has 0 spiro atoms. The second kappa shape index (κ2) is 6.93. The molecule has 0 bridgehead atoms. The SMILES string of the molecule is COc1ccccc1-c1ccc(CN2CCc3nc(N)[nH]c(=O)c3C2)s1. The summed E-state index contributed by atoms with van der Waals surface area (Å²) in [5.74, 6) is 1.07. The topological polar surface area (TPSA) is 84.2 Å². The van der Waals surface area contributed by atoms with Crippen LogP contribution in [0.5, 0.6) is 5.75 Å². The summed E-state index contributed by atoms with van der Waals surface area (Å²) in [6.45, 7) is 2.27. The minimum Gasteiger partial charge on any atom is -0.496 e. The molecule has 1 aliphatic rings. The number of hydrogen-bond acceptors (Lipinski definition) is 6. The van der Waals surface area contributed by atoms with Gasteiger partial charge in [-0.1, -0.05) is 12.1 Å². The molecular formula is C19H20N4O2S. The van der Waals surface area contributed by atoms with Gasteiger partial charge in [-0.15, -0.1) is 11.3 Å². The van der Waals surface area contributed by atoms with Crippen LogP contribution in [-0.4, -0.2) is 28.5 Å². The summed E-state index contributed by atoms with van der Waals surface area (Å²) in [5, 5.41) is 0. The number of H-pyrrole nitrogens is 1. The normalized spacial score (nSPS) is 14.2. The van der Waals surface area contributed by atoms with Gasteiger partial charge in [0.1, 0.15) is 5.75 Å². The van der Waals surface area contributed by atoms with Crippen LogP contribution in [0, 0.1) is 0 Å². The van der Waals surface area contributed by atoms with Gasteiger partial charge in [0, 0.05) is 41.4 Å². The zero-order chi connectivity index (χ0) is 18.1. The smallest absolute Gasteiger partial charge is 0.257 e. The summed E-state index contributed by atoms with van der Waals surface area (Å²) in [6, 6.07) is 12.3. The second-order valence-corrected chi connectivity index (χ2v) is 7.47. The Bertz CT molecular complexity index is 995. The van der Waals surface area contributed by atoms with Crippen molar-refractivity contribution >= 4 is 17.3 Å². The Kier molecular flexibility index (Phi) is 4.48. The molecular weight excluding hydrogens is 348 g/mol. The summed E-state index contributed by atoms with van der Waals surface area (Å²) < 4.78 is 5.46. The number of aromatic amines is 1. The maximum Gasteiger partial charge on any atom is 0.257 e. The van der Waals surface area contributed by atoms with E-state index in [4.69, 9.17) is 10.5 Å². The van der Waals surface area contributed by atoms with Gasteiger partial charge in [-0.05, 0) is 24.3 Å². The van der Waals surface area contributed by atoms with Crippen molar-refractivity contribution in [2.24, 2.45) is 0 Å². The Morgan fingerprint density at radius 2 is 2.15 bits per heavy atom. The number of nitrogens with one attached hydrogen (secondary N) is 1. The average molecular weight is 368 g/mol. The fourth-order valence-electron chi connectivity index (χ4n) is 3.31. The lowest BCUT2D eigenvalue weighted by Crippen LogP contribution is -2.35. The number of benzene rings is 1. The van der Waals surface area contributed by atoms with Crippen molar-refractivity contribution in [1.82, 2.24) is 14.9 Å². The number of para-hydroxylation sites is 1. The van der Waals surface area contributed by atoms with Gasteiger partial charge in [-0.3, -0.25) is 14.7 Å². The van der Waals surface area contributed by atoms with Gasteiger partial charge in [-0.2, -0.15) is 0 Å². The number of nitrogen functional groups attached to an aromatic ring is 1. The van der Waals surface area contributed by atoms with E-state index < -0.39 is 0 Å². The Labute approximate surface area is 155 Å².